The maximum absolute atomic E-state index is 14.0. The van der Waals surface area contributed by atoms with Crippen molar-refractivity contribution in [2.75, 3.05) is 11.7 Å². The van der Waals surface area contributed by atoms with Crippen molar-refractivity contribution in [2.24, 2.45) is 0 Å². The minimum atomic E-state index is -4.73. The van der Waals surface area contributed by atoms with Gasteiger partial charge in [0.15, 0.2) is 5.69 Å². The molecule has 38 heavy (non-hydrogen) atoms. The number of halogens is 3. The van der Waals surface area contributed by atoms with Gasteiger partial charge < -0.3 is 9.64 Å². The first-order chi connectivity index (χ1) is 18.0. The Bertz CT molecular complexity index is 1500. The Morgan fingerprint density at radius 2 is 1.79 bits per heavy atom. The SMILES string of the molecule is CC(=O)Oc1c2n(ccc1=O)N([C@H]1c3ccccc3SCc3c(C)cccc31)CN([C@H](C)C(F)(F)F)C2=O. The van der Waals surface area contributed by atoms with Crippen LogP contribution >= 0.6 is 11.8 Å². The number of carbonyl (C=O) groups is 2. The van der Waals surface area contributed by atoms with Gasteiger partial charge in [-0.3, -0.25) is 24.1 Å². The van der Waals surface area contributed by atoms with E-state index < -0.39 is 53.7 Å². The molecule has 2 aliphatic rings. The van der Waals surface area contributed by atoms with Gasteiger partial charge in [0.25, 0.3) is 5.91 Å². The summed E-state index contributed by atoms with van der Waals surface area (Å²) in [5, 5.41) is 1.62. The summed E-state index contributed by atoms with van der Waals surface area (Å²) < 4.78 is 48.4. The maximum atomic E-state index is 14.0. The van der Waals surface area contributed by atoms with Crippen LogP contribution in [-0.4, -0.2) is 40.3 Å². The van der Waals surface area contributed by atoms with E-state index in [-0.39, 0.29) is 0 Å². The average molecular weight is 544 g/mol. The number of benzene rings is 2. The highest BCUT2D eigenvalue weighted by molar-refractivity contribution is 7.98. The molecule has 5 rings (SSSR count). The van der Waals surface area contributed by atoms with Crippen molar-refractivity contribution < 1.29 is 27.5 Å². The third kappa shape index (κ3) is 4.34. The first kappa shape index (κ1) is 25.9. The molecular weight excluding hydrogens is 519 g/mol. The summed E-state index contributed by atoms with van der Waals surface area (Å²) in [6.45, 7) is 3.51. The largest absolute Gasteiger partial charge is 0.420 e. The Labute approximate surface area is 220 Å². The summed E-state index contributed by atoms with van der Waals surface area (Å²) in [7, 11) is 0. The van der Waals surface area contributed by atoms with E-state index in [1.165, 1.54) is 10.9 Å². The van der Waals surface area contributed by atoms with Gasteiger partial charge in [-0.25, -0.2) is 0 Å². The zero-order chi connectivity index (χ0) is 27.4. The molecule has 0 N–H and O–H groups in total. The fourth-order valence-corrected chi connectivity index (χ4v) is 6.14. The predicted octanol–water partition coefficient (Wildman–Crippen LogP) is 4.78. The molecule has 0 unspecified atom stereocenters. The van der Waals surface area contributed by atoms with Gasteiger partial charge in [0, 0.05) is 29.8 Å². The maximum Gasteiger partial charge on any atom is 0.408 e. The van der Waals surface area contributed by atoms with Gasteiger partial charge in [0.2, 0.25) is 11.2 Å². The van der Waals surface area contributed by atoms with Crippen molar-refractivity contribution in [2.45, 2.75) is 49.7 Å². The molecule has 0 saturated carbocycles. The minimum Gasteiger partial charge on any atom is -0.420 e. The quantitative estimate of drug-likeness (QED) is 0.443. The van der Waals surface area contributed by atoms with Crippen molar-refractivity contribution in [1.82, 2.24) is 9.58 Å². The van der Waals surface area contributed by atoms with E-state index in [0.29, 0.717) is 10.7 Å². The van der Waals surface area contributed by atoms with Crippen LogP contribution in [-0.2, 0) is 10.5 Å². The Hall–Kier alpha value is -3.73. The zero-order valence-electron chi connectivity index (χ0n) is 20.8. The van der Waals surface area contributed by atoms with E-state index in [9.17, 15) is 27.6 Å². The predicted molar refractivity (Wildman–Crippen MR) is 136 cm³/mol. The normalized spacial score (nSPS) is 17.7. The number of nitrogens with zero attached hydrogens (tertiary/aromatic N) is 3. The molecule has 2 aromatic carbocycles. The van der Waals surface area contributed by atoms with Crippen molar-refractivity contribution >= 4 is 23.6 Å². The van der Waals surface area contributed by atoms with Gasteiger partial charge in [0.1, 0.15) is 12.7 Å². The summed E-state index contributed by atoms with van der Waals surface area (Å²) in [6, 6.07) is 11.8. The topological polar surface area (TPSA) is 71.8 Å². The van der Waals surface area contributed by atoms with Gasteiger partial charge in [-0.1, -0.05) is 36.4 Å². The molecule has 0 bridgehead atoms. The number of aromatic nitrogens is 1. The second-order valence-corrected chi connectivity index (χ2v) is 10.3. The molecule has 7 nitrogen and oxygen atoms in total. The van der Waals surface area contributed by atoms with Crippen LogP contribution in [0.1, 0.15) is 52.6 Å². The number of alkyl halides is 3. The summed E-state index contributed by atoms with van der Waals surface area (Å²) in [4.78, 5) is 39.7. The fourth-order valence-electron chi connectivity index (χ4n) is 4.92. The molecule has 3 heterocycles. The van der Waals surface area contributed by atoms with Gasteiger partial charge >= 0.3 is 12.1 Å². The molecule has 0 spiro atoms. The van der Waals surface area contributed by atoms with Crippen molar-refractivity contribution in [3.8, 4) is 5.75 Å². The number of ether oxygens (including phenoxy) is 1. The molecule has 0 radical (unpaired) electrons. The van der Waals surface area contributed by atoms with Crippen molar-refractivity contribution in [3.05, 3.63) is 92.9 Å². The van der Waals surface area contributed by atoms with Gasteiger partial charge in [-0.2, -0.15) is 13.2 Å². The van der Waals surface area contributed by atoms with Crippen LogP contribution in [0.15, 0.2) is 64.4 Å². The number of aryl methyl sites for hydroxylation is 1. The first-order valence-electron chi connectivity index (χ1n) is 11.9. The van der Waals surface area contributed by atoms with E-state index in [0.717, 1.165) is 47.1 Å². The van der Waals surface area contributed by atoms with Crippen LogP contribution in [0.25, 0.3) is 0 Å². The van der Waals surface area contributed by atoms with Crippen LogP contribution in [0.3, 0.4) is 0 Å². The molecule has 0 saturated heterocycles. The Balaban J connectivity index is 1.81. The monoisotopic (exact) mass is 543 g/mol. The Morgan fingerprint density at radius 1 is 1.08 bits per heavy atom. The number of thioether (sulfide) groups is 1. The fraction of sp³-hybridized carbons (Fsp3) is 0.296. The van der Waals surface area contributed by atoms with Crippen LogP contribution in [0.4, 0.5) is 13.2 Å². The third-order valence-corrected chi connectivity index (χ3v) is 8.00. The van der Waals surface area contributed by atoms with Crippen LogP contribution in [0.2, 0.25) is 0 Å². The van der Waals surface area contributed by atoms with Crippen molar-refractivity contribution in [1.29, 1.82) is 0 Å². The third-order valence-electron chi connectivity index (χ3n) is 6.88. The number of fused-ring (bicyclic) bond motifs is 3. The van der Waals surface area contributed by atoms with Crippen LogP contribution < -0.4 is 15.2 Å². The zero-order valence-corrected chi connectivity index (χ0v) is 21.6. The lowest BCUT2D eigenvalue weighted by atomic mass is 9.92. The molecule has 3 aromatic rings. The molecule has 198 valence electrons. The smallest absolute Gasteiger partial charge is 0.408 e. The summed E-state index contributed by atoms with van der Waals surface area (Å²) in [5.74, 6) is -1.87. The number of rotatable bonds is 3. The summed E-state index contributed by atoms with van der Waals surface area (Å²) in [5.41, 5.74) is 2.56. The minimum absolute atomic E-state index is 0.425. The molecule has 0 fully saturated rings. The number of esters is 1. The van der Waals surface area contributed by atoms with E-state index in [1.807, 2.05) is 49.4 Å². The van der Waals surface area contributed by atoms with E-state index in [2.05, 4.69) is 0 Å². The van der Waals surface area contributed by atoms with Gasteiger partial charge in [0.05, 0.1) is 6.04 Å². The summed E-state index contributed by atoms with van der Waals surface area (Å²) in [6.07, 6.45) is -3.39. The number of amides is 1. The number of carbonyl (C=O) groups excluding carboxylic acids is 2. The standard InChI is InChI=1S/C27H24F3N3O4S/c1-15-7-6-9-18-20(15)13-38-22-10-5-4-8-19(22)23(18)33-14-31(16(2)27(28,29)30)26(36)24-25(37-17(3)34)21(35)11-12-32(24)33/h4-12,16,23H,13-14H2,1-3H3/t16-,23-/m1/s1. The molecule has 11 heteroatoms. The van der Waals surface area contributed by atoms with Gasteiger partial charge in [-0.15, -0.1) is 11.8 Å². The second-order valence-electron chi connectivity index (χ2n) is 9.24. The first-order valence-corrected chi connectivity index (χ1v) is 12.9. The van der Waals surface area contributed by atoms with Gasteiger partial charge in [-0.05, 0) is 42.2 Å². The Morgan fingerprint density at radius 3 is 2.50 bits per heavy atom. The lowest BCUT2D eigenvalue weighted by Crippen LogP contribution is -2.60. The number of pyridine rings is 1. The number of hydrogen-bond acceptors (Lipinski definition) is 6. The highest BCUT2D eigenvalue weighted by Gasteiger charge is 2.48. The lowest BCUT2D eigenvalue weighted by molar-refractivity contribution is -0.173. The van der Waals surface area contributed by atoms with Crippen molar-refractivity contribution in [3.63, 3.8) is 0 Å². The average Bonchev–Trinajstić information content (AvgIpc) is 3.02. The second kappa shape index (κ2) is 9.54. The lowest BCUT2D eigenvalue weighted by Gasteiger charge is -2.46. The number of hydrogen-bond donors (Lipinski definition) is 0. The Kier molecular flexibility index (Phi) is 6.50. The molecule has 1 aromatic heterocycles. The highest BCUT2D eigenvalue weighted by atomic mass is 32.2. The summed E-state index contributed by atoms with van der Waals surface area (Å²) >= 11 is 1.63. The molecule has 1 amide bonds. The van der Waals surface area contributed by atoms with Crippen LogP contribution in [0, 0.1) is 6.92 Å². The van der Waals surface area contributed by atoms with Crippen LogP contribution in [0.5, 0.6) is 5.75 Å². The van der Waals surface area contributed by atoms with E-state index >= 15 is 0 Å². The van der Waals surface area contributed by atoms with E-state index in [4.69, 9.17) is 4.74 Å². The molecule has 2 aliphatic heterocycles. The highest BCUT2D eigenvalue weighted by Crippen LogP contribution is 2.44. The molecular formula is C27H24F3N3O4S. The molecule has 2 atom stereocenters. The molecule has 0 aliphatic carbocycles. The van der Waals surface area contributed by atoms with E-state index in [1.54, 1.807) is 16.8 Å².